The summed E-state index contributed by atoms with van der Waals surface area (Å²) in [6.45, 7) is 3.87. The number of benzene rings is 2. The van der Waals surface area contributed by atoms with Crippen LogP contribution < -0.4 is 15.4 Å². The predicted octanol–water partition coefficient (Wildman–Crippen LogP) is 5.90. The average molecular weight is 446 g/mol. The van der Waals surface area contributed by atoms with E-state index in [1.807, 2.05) is 6.92 Å². The number of ether oxygens (including phenoxy) is 1. The van der Waals surface area contributed by atoms with Gasteiger partial charge in [0.15, 0.2) is 5.76 Å². The number of carbonyl (C=O) groups excluding carboxylic acids is 2. The SMILES string of the molecule is CCCOc1ccc(C(F)(F)F)cc1NC(=O)c1ccc(C)c(NC(=O)c2ccco2)c1. The molecule has 0 saturated heterocycles. The summed E-state index contributed by atoms with van der Waals surface area (Å²) in [6, 6.07) is 10.5. The number of hydrogen-bond acceptors (Lipinski definition) is 4. The maximum Gasteiger partial charge on any atom is 0.416 e. The molecule has 32 heavy (non-hydrogen) atoms. The molecular weight excluding hydrogens is 425 g/mol. The first-order chi connectivity index (χ1) is 15.2. The van der Waals surface area contributed by atoms with Crippen LogP contribution in [0.3, 0.4) is 0 Å². The molecule has 3 rings (SSSR count). The standard InChI is InChI=1S/C23H21F3N2O4/c1-3-10-31-19-9-8-16(23(24,25)26)13-18(19)28-21(29)15-7-6-14(2)17(12-15)27-22(30)20-5-4-11-32-20/h4-9,11-13H,3,10H2,1-2H3,(H,27,30)(H,28,29). The maximum absolute atomic E-state index is 13.1. The molecule has 2 aromatic carbocycles. The first-order valence-corrected chi connectivity index (χ1v) is 9.80. The van der Waals surface area contributed by atoms with E-state index in [1.54, 1.807) is 19.1 Å². The summed E-state index contributed by atoms with van der Waals surface area (Å²) < 4.78 is 50.0. The lowest BCUT2D eigenvalue weighted by atomic mass is 10.1. The molecular formula is C23H21F3N2O4. The van der Waals surface area contributed by atoms with Crippen LogP contribution >= 0.6 is 0 Å². The van der Waals surface area contributed by atoms with Crippen molar-refractivity contribution in [3.8, 4) is 5.75 Å². The van der Waals surface area contributed by atoms with Crippen molar-refractivity contribution in [3.05, 3.63) is 77.2 Å². The number of halogens is 3. The summed E-state index contributed by atoms with van der Waals surface area (Å²) in [4.78, 5) is 25.0. The van der Waals surface area contributed by atoms with Gasteiger partial charge in [0, 0.05) is 11.3 Å². The van der Waals surface area contributed by atoms with Gasteiger partial charge in [-0.25, -0.2) is 0 Å². The maximum atomic E-state index is 13.1. The number of rotatable bonds is 7. The van der Waals surface area contributed by atoms with Crippen LogP contribution in [0.2, 0.25) is 0 Å². The fourth-order valence-corrected chi connectivity index (χ4v) is 2.83. The van der Waals surface area contributed by atoms with Gasteiger partial charge in [-0.15, -0.1) is 0 Å². The minimum atomic E-state index is -4.57. The van der Waals surface area contributed by atoms with E-state index in [2.05, 4.69) is 10.6 Å². The lowest BCUT2D eigenvalue weighted by Gasteiger charge is -2.16. The molecule has 0 spiro atoms. The van der Waals surface area contributed by atoms with Crippen LogP contribution in [0.25, 0.3) is 0 Å². The Morgan fingerprint density at radius 1 is 1.00 bits per heavy atom. The highest BCUT2D eigenvalue weighted by atomic mass is 19.4. The van der Waals surface area contributed by atoms with Gasteiger partial charge in [0.05, 0.1) is 24.1 Å². The first kappa shape index (κ1) is 22.9. The first-order valence-electron chi connectivity index (χ1n) is 9.80. The smallest absolute Gasteiger partial charge is 0.416 e. The molecule has 6 nitrogen and oxygen atoms in total. The molecule has 9 heteroatoms. The molecule has 0 aliphatic carbocycles. The molecule has 0 bridgehead atoms. The topological polar surface area (TPSA) is 80.6 Å². The van der Waals surface area contributed by atoms with Crippen molar-refractivity contribution >= 4 is 23.2 Å². The zero-order chi connectivity index (χ0) is 23.3. The van der Waals surface area contributed by atoms with Gasteiger partial charge in [-0.05, 0) is 61.4 Å². The Morgan fingerprint density at radius 2 is 1.75 bits per heavy atom. The van der Waals surface area contributed by atoms with Crippen LogP contribution in [0.15, 0.2) is 59.2 Å². The second-order valence-electron chi connectivity index (χ2n) is 6.97. The van der Waals surface area contributed by atoms with Crippen molar-refractivity contribution in [2.24, 2.45) is 0 Å². The average Bonchev–Trinajstić information content (AvgIpc) is 3.28. The van der Waals surface area contributed by atoms with E-state index in [-0.39, 0.29) is 29.4 Å². The highest BCUT2D eigenvalue weighted by Crippen LogP contribution is 2.35. The highest BCUT2D eigenvalue weighted by Gasteiger charge is 2.31. The van der Waals surface area contributed by atoms with E-state index in [9.17, 15) is 22.8 Å². The Kier molecular flexibility index (Phi) is 6.87. The van der Waals surface area contributed by atoms with Gasteiger partial charge in [0.1, 0.15) is 5.75 Å². The van der Waals surface area contributed by atoms with Crippen molar-refractivity contribution in [1.29, 1.82) is 0 Å². The highest BCUT2D eigenvalue weighted by molar-refractivity contribution is 6.07. The van der Waals surface area contributed by atoms with Gasteiger partial charge >= 0.3 is 6.18 Å². The van der Waals surface area contributed by atoms with E-state index < -0.39 is 23.6 Å². The summed E-state index contributed by atoms with van der Waals surface area (Å²) >= 11 is 0. The Labute approximate surface area is 182 Å². The molecule has 1 aromatic heterocycles. The van der Waals surface area contributed by atoms with E-state index in [4.69, 9.17) is 9.15 Å². The molecule has 0 atom stereocenters. The third kappa shape index (κ3) is 5.48. The van der Waals surface area contributed by atoms with Crippen molar-refractivity contribution in [2.75, 3.05) is 17.2 Å². The van der Waals surface area contributed by atoms with Crippen molar-refractivity contribution < 1.29 is 31.9 Å². The summed E-state index contributed by atoms with van der Waals surface area (Å²) in [6.07, 6.45) is -2.57. The number of nitrogens with one attached hydrogen (secondary N) is 2. The van der Waals surface area contributed by atoms with E-state index in [0.717, 1.165) is 12.1 Å². The van der Waals surface area contributed by atoms with Gasteiger partial charge in [-0.3, -0.25) is 9.59 Å². The van der Waals surface area contributed by atoms with Crippen LogP contribution in [-0.4, -0.2) is 18.4 Å². The monoisotopic (exact) mass is 446 g/mol. The summed E-state index contributed by atoms with van der Waals surface area (Å²) in [7, 11) is 0. The number of amides is 2. The normalized spacial score (nSPS) is 11.2. The van der Waals surface area contributed by atoms with Crippen LogP contribution in [0.4, 0.5) is 24.5 Å². The van der Waals surface area contributed by atoms with Crippen LogP contribution in [-0.2, 0) is 6.18 Å². The third-order valence-electron chi connectivity index (χ3n) is 4.51. The van der Waals surface area contributed by atoms with Gasteiger partial charge in [0.2, 0.25) is 0 Å². The molecule has 0 aliphatic heterocycles. The third-order valence-corrected chi connectivity index (χ3v) is 4.51. The number of furan rings is 1. The summed E-state index contributed by atoms with van der Waals surface area (Å²) in [5, 5.41) is 5.13. The molecule has 0 fully saturated rings. The fourth-order valence-electron chi connectivity index (χ4n) is 2.83. The molecule has 0 unspecified atom stereocenters. The minimum absolute atomic E-state index is 0.0972. The van der Waals surface area contributed by atoms with E-state index in [0.29, 0.717) is 17.7 Å². The zero-order valence-corrected chi connectivity index (χ0v) is 17.4. The minimum Gasteiger partial charge on any atom is -0.491 e. The van der Waals surface area contributed by atoms with Gasteiger partial charge < -0.3 is 19.8 Å². The molecule has 3 aromatic rings. The van der Waals surface area contributed by atoms with Crippen LogP contribution in [0, 0.1) is 6.92 Å². The largest absolute Gasteiger partial charge is 0.491 e. The number of anilines is 2. The molecule has 2 N–H and O–H groups in total. The van der Waals surface area contributed by atoms with Gasteiger partial charge in [-0.1, -0.05) is 13.0 Å². The quantitative estimate of drug-likeness (QED) is 0.474. The fraction of sp³-hybridized carbons (Fsp3) is 0.217. The number of aryl methyl sites for hydroxylation is 1. The Bertz CT molecular complexity index is 1110. The van der Waals surface area contributed by atoms with Crippen molar-refractivity contribution in [3.63, 3.8) is 0 Å². The number of carbonyl (C=O) groups is 2. The van der Waals surface area contributed by atoms with Crippen molar-refractivity contribution in [1.82, 2.24) is 0 Å². The second-order valence-corrected chi connectivity index (χ2v) is 6.97. The predicted molar refractivity (Wildman–Crippen MR) is 113 cm³/mol. The lowest BCUT2D eigenvalue weighted by molar-refractivity contribution is -0.137. The molecule has 168 valence electrons. The van der Waals surface area contributed by atoms with Crippen LogP contribution in [0.1, 0.15) is 45.4 Å². The summed E-state index contributed by atoms with van der Waals surface area (Å²) in [5.74, 6) is -0.921. The molecule has 0 saturated carbocycles. The van der Waals surface area contributed by atoms with Crippen LogP contribution in [0.5, 0.6) is 5.75 Å². The van der Waals surface area contributed by atoms with Crippen molar-refractivity contribution in [2.45, 2.75) is 26.4 Å². The van der Waals surface area contributed by atoms with E-state index in [1.165, 1.54) is 30.5 Å². The Morgan fingerprint density at radius 3 is 2.41 bits per heavy atom. The lowest BCUT2D eigenvalue weighted by Crippen LogP contribution is -2.16. The summed E-state index contributed by atoms with van der Waals surface area (Å²) in [5.41, 5.74) is 0.189. The zero-order valence-electron chi connectivity index (χ0n) is 17.4. The Hall–Kier alpha value is -3.75. The molecule has 2 amide bonds. The molecule has 0 radical (unpaired) electrons. The molecule has 1 heterocycles. The van der Waals surface area contributed by atoms with Gasteiger partial charge in [0.25, 0.3) is 11.8 Å². The number of hydrogen-bond donors (Lipinski definition) is 2. The number of alkyl halides is 3. The van der Waals surface area contributed by atoms with E-state index >= 15 is 0 Å². The Balaban J connectivity index is 1.85. The molecule has 0 aliphatic rings. The second kappa shape index (κ2) is 9.59. The van der Waals surface area contributed by atoms with Gasteiger partial charge in [-0.2, -0.15) is 13.2 Å².